The molecule has 73 heavy (non-hydrogen) atoms. The zero-order chi connectivity index (χ0) is 48.6. The molecule has 8 heteroatoms. The summed E-state index contributed by atoms with van der Waals surface area (Å²) in [6.07, 6.45) is 0. The van der Waals surface area contributed by atoms with Gasteiger partial charge in [-0.25, -0.2) is 4.85 Å². The maximum Gasteiger partial charge on any atom is 1.00 e. The molecular formula is C65H34Br2CuN5. The van der Waals surface area contributed by atoms with Crippen molar-refractivity contribution in [2.75, 3.05) is 0 Å². The van der Waals surface area contributed by atoms with E-state index in [0.717, 1.165) is 36.9 Å². The first-order valence-electron chi connectivity index (χ1n) is 23.6. The molecule has 16 rings (SSSR count). The Morgan fingerprint density at radius 3 is 1.30 bits per heavy atom. The Labute approximate surface area is 448 Å². The molecule has 0 bridgehead atoms. The molecule has 344 valence electrons. The standard InChI is InChI=1S/C33H17N3.C31H17Br2N.CN.Cu/c1-35-21-14-16-23-22-15-13-20(19-34)17-28(22)33(29(23)18-21)26-9-3-5-12-31(26)36-30-11-4-2-7-24(30)25-8-6-10-27(33)32(25)36;32-18-12-14-20-21-15-13-19(33)17-27(21)31(26(20)16-18)24-8-2-4-11-29(24)34-28-10-3-1-6-22(28)23-7-5-9-25(31)30(23)34;1-2;/h2-18H;1-17H;;/q;;-1;+1. The summed E-state index contributed by atoms with van der Waals surface area (Å²) in [4.78, 5) is 3.80. The molecule has 0 radical (unpaired) electrons. The largest absolute Gasteiger partial charge is 1.00 e. The summed E-state index contributed by atoms with van der Waals surface area (Å²) in [5, 5.41) is 21.2. The minimum absolute atomic E-state index is 0. The zero-order valence-electron chi connectivity index (χ0n) is 38.4. The topological polar surface area (TPSA) is 61.8 Å². The van der Waals surface area contributed by atoms with E-state index in [4.69, 9.17) is 18.4 Å². The molecule has 2 aliphatic heterocycles. The number of halogens is 2. The molecule has 1 atom stereocenters. The Hall–Kier alpha value is -8.25. The van der Waals surface area contributed by atoms with Crippen LogP contribution in [0.2, 0.25) is 0 Å². The molecule has 10 aromatic carbocycles. The Bertz CT molecular complexity index is 4390. The first-order chi connectivity index (χ1) is 35.5. The smallest absolute Gasteiger partial charge is 0.512 e. The molecular weight excluding hydrogens is 1070 g/mol. The number of nitrogens with zero attached hydrogens (tertiary/aromatic N) is 5. The molecule has 5 nitrogen and oxygen atoms in total. The van der Waals surface area contributed by atoms with Crippen molar-refractivity contribution in [3.05, 3.63) is 283 Å². The Morgan fingerprint density at radius 1 is 0.411 bits per heavy atom. The van der Waals surface area contributed by atoms with Gasteiger partial charge in [0.2, 0.25) is 0 Å². The Kier molecular flexibility index (Phi) is 10.0. The van der Waals surface area contributed by atoms with Gasteiger partial charge in [-0.05, 0) is 127 Å². The van der Waals surface area contributed by atoms with Crippen molar-refractivity contribution in [3.63, 3.8) is 0 Å². The molecule has 0 saturated carbocycles. The second kappa shape index (κ2) is 16.4. The predicted octanol–water partition coefficient (Wildman–Crippen LogP) is 17.0. The maximum absolute atomic E-state index is 9.86. The van der Waals surface area contributed by atoms with Crippen LogP contribution >= 0.6 is 31.9 Å². The summed E-state index contributed by atoms with van der Waals surface area (Å²) < 4.78 is 7.08. The number of rotatable bonds is 0. The summed E-state index contributed by atoms with van der Waals surface area (Å²) in [5.74, 6) is 0. The third kappa shape index (κ3) is 5.63. The van der Waals surface area contributed by atoms with E-state index in [1.54, 1.807) is 0 Å². The summed E-state index contributed by atoms with van der Waals surface area (Å²) in [6.45, 7) is 12.5. The number of hydrogen-bond acceptors (Lipinski definition) is 2. The van der Waals surface area contributed by atoms with E-state index >= 15 is 0 Å². The van der Waals surface area contributed by atoms with Gasteiger partial charge in [-0.1, -0.05) is 177 Å². The number of aromatic nitrogens is 2. The van der Waals surface area contributed by atoms with Crippen LogP contribution in [0.5, 0.6) is 0 Å². The van der Waals surface area contributed by atoms with Gasteiger partial charge in [0.05, 0.1) is 62.5 Å². The fourth-order valence-corrected chi connectivity index (χ4v) is 14.0. The van der Waals surface area contributed by atoms with Crippen LogP contribution in [0.3, 0.4) is 0 Å². The van der Waals surface area contributed by atoms with Gasteiger partial charge in [0.25, 0.3) is 0 Å². The Morgan fingerprint density at radius 2 is 0.808 bits per heavy atom. The number of para-hydroxylation sites is 6. The number of benzene rings is 10. The third-order valence-corrected chi connectivity index (χ3v) is 16.7. The molecule has 4 heterocycles. The van der Waals surface area contributed by atoms with E-state index in [1.165, 1.54) is 93.8 Å². The molecule has 12 aromatic rings. The van der Waals surface area contributed by atoms with Crippen LogP contribution in [-0.2, 0) is 27.9 Å². The minimum atomic E-state index is -0.626. The first-order valence-corrected chi connectivity index (χ1v) is 25.2. The molecule has 0 amide bonds. The van der Waals surface area contributed by atoms with Gasteiger partial charge < -0.3 is 21.0 Å². The van der Waals surface area contributed by atoms with Crippen molar-refractivity contribution in [2.45, 2.75) is 10.8 Å². The summed E-state index contributed by atoms with van der Waals surface area (Å²) in [5.41, 5.74) is 22.4. The van der Waals surface area contributed by atoms with Crippen molar-refractivity contribution in [3.8, 4) is 39.7 Å². The number of fused-ring (bicyclic) bond motifs is 24. The van der Waals surface area contributed by atoms with Crippen molar-refractivity contribution >= 4 is 81.2 Å². The first kappa shape index (κ1) is 44.7. The normalized spacial score (nSPS) is 14.8. The monoisotopic (exact) mass is 1110 g/mol. The maximum atomic E-state index is 9.86. The van der Waals surface area contributed by atoms with Crippen molar-refractivity contribution in [1.82, 2.24) is 9.13 Å². The average Bonchev–Trinajstić information content (AvgIpc) is 4.16. The fourth-order valence-electron chi connectivity index (χ4n) is 13.3. The van der Waals surface area contributed by atoms with E-state index < -0.39 is 10.8 Å². The molecule has 2 aliphatic carbocycles. The van der Waals surface area contributed by atoms with Crippen LogP contribution in [0.1, 0.15) is 50.1 Å². The van der Waals surface area contributed by atoms with Crippen molar-refractivity contribution in [2.24, 2.45) is 0 Å². The van der Waals surface area contributed by atoms with Gasteiger partial charge in [0.15, 0.2) is 5.69 Å². The van der Waals surface area contributed by atoms with Gasteiger partial charge in [-0.2, -0.15) is 5.26 Å². The van der Waals surface area contributed by atoms with Crippen LogP contribution in [0.25, 0.3) is 82.1 Å². The second-order valence-corrected chi connectivity index (χ2v) is 20.6. The van der Waals surface area contributed by atoms with Gasteiger partial charge in [0, 0.05) is 30.5 Å². The van der Waals surface area contributed by atoms with Crippen molar-refractivity contribution < 1.29 is 17.1 Å². The molecule has 2 spiro atoms. The van der Waals surface area contributed by atoms with E-state index in [2.05, 4.69) is 246 Å². The molecule has 0 saturated heterocycles. The van der Waals surface area contributed by atoms with Gasteiger partial charge in [0.1, 0.15) is 0 Å². The third-order valence-electron chi connectivity index (χ3n) is 15.7. The predicted molar refractivity (Wildman–Crippen MR) is 295 cm³/mol. The van der Waals surface area contributed by atoms with Crippen LogP contribution in [0.4, 0.5) is 5.69 Å². The quantitative estimate of drug-likeness (QED) is 0.112. The van der Waals surface area contributed by atoms with Gasteiger partial charge in [-0.3, -0.25) is 0 Å². The van der Waals surface area contributed by atoms with Crippen molar-refractivity contribution in [1.29, 1.82) is 10.5 Å². The SMILES string of the molecule is Brc1ccc2c(c1)C1(c3cc(Br)ccc3-2)c2ccccc2-n2c3ccccc3c3cccc1c32.[C-]#N.[C-]#[N+]c1ccc2c(c1)C1(c3cc(C#N)ccc3-2)c2ccccc2-n2c3ccccc3c3cccc1c32.[Cu+]. The van der Waals surface area contributed by atoms with E-state index in [-0.39, 0.29) is 17.1 Å². The Balaban J connectivity index is 0.000000135. The van der Waals surface area contributed by atoms with Crippen LogP contribution in [-0.4, -0.2) is 9.13 Å². The summed E-state index contributed by atoms with van der Waals surface area (Å²) in [7, 11) is 0. The van der Waals surface area contributed by atoms with Crippen LogP contribution < -0.4 is 0 Å². The molecule has 2 aromatic heterocycles. The summed E-state index contributed by atoms with van der Waals surface area (Å²) in [6, 6.07) is 76.3. The van der Waals surface area contributed by atoms with Gasteiger partial charge in [-0.15, -0.1) is 0 Å². The fraction of sp³-hybridized carbons (Fsp3) is 0.0308. The molecule has 4 aliphatic rings. The minimum Gasteiger partial charge on any atom is -0.512 e. The van der Waals surface area contributed by atoms with Crippen LogP contribution in [0.15, 0.2) is 215 Å². The zero-order valence-corrected chi connectivity index (χ0v) is 42.5. The van der Waals surface area contributed by atoms with E-state index in [9.17, 15) is 5.26 Å². The summed E-state index contributed by atoms with van der Waals surface area (Å²) >= 11 is 7.59. The number of hydrogen-bond donors (Lipinski definition) is 0. The number of nitriles is 1. The molecule has 1 unspecified atom stereocenters. The second-order valence-electron chi connectivity index (χ2n) is 18.7. The molecule has 0 fully saturated rings. The van der Waals surface area contributed by atoms with E-state index in [0.29, 0.717) is 11.3 Å². The van der Waals surface area contributed by atoms with E-state index in [1.807, 2.05) is 12.1 Å². The van der Waals surface area contributed by atoms with Crippen LogP contribution in [0, 0.1) is 29.7 Å². The average molecular weight is 1110 g/mol. The van der Waals surface area contributed by atoms with Gasteiger partial charge >= 0.3 is 17.1 Å². The molecule has 0 N–H and O–H groups in total.